The van der Waals surface area contributed by atoms with Gasteiger partial charge in [-0.25, -0.2) is 0 Å². The minimum absolute atomic E-state index is 0.0425. The number of benzene rings is 1. The number of nitrogens with zero attached hydrogens (tertiary/aromatic N) is 3. The Morgan fingerprint density at radius 3 is 2.45 bits per heavy atom. The van der Waals surface area contributed by atoms with Crippen LogP contribution in [0.3, 0.4) is 0 Å². The second kappa shape index (κ2) is 6.51. The van der Waals surface area contributed by atoms with E-state index in [1.165, 1.54) is 24.3 Å². The summed E-state index contributed by atoms with van der Waals surface area (Å²) in [4.78, 5) is 11.4. The first-order valence-corrected chi connectivity index (χ1v) is 7.53. The van der Waals surface area contributed by atoms with Crippen molar-refractivity contribution in [3.05, 3.63) is 24.3 Å². The molecule has 118 valence electrons. The molecule has 0 atom stereocenters. The highest BCUT2D eigenvalue weighted by Crippen LogP contribution is 2.21. The average Bonchev–Trinajstić information content (AvgIpc) is 2.44. The molecular formula is C11H14N6O4S. The standard InChI is InChI=1S/C11H14N6O4S/c12-5-6-14-10-15-9(13)16-11(17-10)21-7-1-3-8(4-2-7)22(18,19)20/h1-4H,5-6,12H2,(H,18,19,20)(H3,13,14,15,16,17). The fraction of sp³-hybridized carbons (Fsp3) is 0.182. The number of nitrogen functional groups attached to an aromatic ring is 1. The number of hydrogen-bond acceptors (Lipinski definition) is 9. The molecule has 2 aromatic rings. The summed E-state index contributed by atoms with van der Waals surface area (Å²) in [6.45, 7) is 0.838. The number of nitrogens with one attached hydrogen (secondary N) is 1. The van der Waals surface area contributed by atoms with Gasteiger partial charge >= 0.3 is 6.01 Å². The predicted molar refractivity (Wildman–Crippen MR) is 78.1 cm³/mol. The molecule has 1 aromatic carbocycles. The van der Waals surface area contributed by atoms with Gasteiger partial charge in [-0.15, -0.1) is 0 Å². The highest BCUT2D eigenvalue weighted by atomic mass is 32.2. The summed E-state index contributed by atoms with van der Waals surface area (Å²) >= 11 is 0. The van der Waals surface area contributed by atoms with Gasteiger partial charge in [0.2, 0.25) is 11.9 Å². The lowest BCUT2D eigenvalue weighted by molar-refractivity contribution is 0.441. The van der Waals surface area contributed by atoms with E-state index in [0.29, 0.717) is 13.1 Å². The molecule has 1 aromatic heterocycles. The Balaban J connectivity index is 2.18. The first-order chi connectivity index (χ1) is 10.4. The van der Waals surface area contributed by atoms with Crippen LogP contribution < -0.4 is 21.5 Å². The maximum absolute atomic E-state index is 10.9. The van der Waals surface area contributed by atoms with Crippen molar-refractivity contribution in [3.8, 4) is 11.8 Å². The van der Waals surface area contributed by atoms with Crippen molar-refractivity contribution in [2.24, 2.45) is 5.73 Å². The van der Waals surface area contributed by atoms with Crippen LogP contribution in [0, 0.1) is 0 Å². The number of rotatable bonds is 6. The molecule has 0 saturated heterocycles. The Morgan fingerprint density at radius 2 is 1.86 bits per heavy atom. The van der Waals surface area contributed by atoms with Gasteiger partial charge in [-0.3, -0.25) is 4.55 Å². The van der Waals surface area contributed by atoms with E-state index in [4.69, 9.17) is 20.8 Å². The Hall–Kier alpha value is -2.50. The van der Waals surface area contributed by atoms with Crippen LogP contribution in [0.4, 0.5) is 11.9 Å². The summed E-state index contributed by atoms with van der Waals surface area (Å²) in [6.07, 6.45) is 0. The van der Waals surface area contributed by atoms with Crippen molar-refractivity contribution >= 4 is 22.0 Å². The van der Waals surface area contributed by atoms with Gasteiger partial charge in [0.15, 0.2) is 0 Å². The number of nitrogens with two attached hydrogens (primary N) is 2. The SMILES string of the molecule is NCCNc1nc(N)nc(Oc2ccc(S(=O)(=O)O)cc2)n1. The quantitative estimate of drug-likeness (QED) is 0.525. The second-order valence-electron chi connectivity index (χ2n) is 4.06. The van der Waals surface area contributed by atoms with Gasteiger partial charge in [0.25, 0.3) is 10.1 Å². The van der Waals surface area contributed by atoms with Crippen LogP contribution in [0.2, 0.25) is 0 Å². The Bertz CT molecular complexity index is 750. The minimum atomic E-state index is -4.25. The Morgan fingerprint density at radius 1 is 1.18 bits per heavy atom. The van der Waals surface area contributed by atoms with Gasteiger partial charge in [0, 0.05) is 13.1 Å². The molecule has 0 spiro atoms. The van der Waals surface area contributed by atoms with Crippen LogP contribution in [0.25, 0.3) is 0 Å². The van der Waals surface area contributed by atoms with E-state index < -0.39 is 10.1 Å². The Labute approximate surface area is 126 Å². The number of aromatic nitrogens is 3. The molecule has 0 unspecified atom stereocenters. The van der Waals surface area contributed by atoms with Crippen molar-refractivity contribution in [1.29, 1.82) is 0 Å². The van der Waals surface area contributed by atoms with Crippen molar-refractivity contribution in [2.75, 3.05) is 24.1 Å². The van der Waals surface area contributed by atoms with E-state index in [1.54, 1.807) is 0 Å². The van der Waals surface area contributed by atoms with Crippen LogP contribution in [-0.4, -0.2) is 41.0 Å². The van der Waals surface area contributed by atoms with Gasteiger partial charge in [-0.2, -0.15) is 23.4 Å². The highest BCUT2D eigenvalue weighted by Gasteiger charge is 2.10. The van der Waals surface area contributed by atoms with Crippen LogP contribution in [-0.2, 0) is 10.1 Å². The maximum atomic E-state index is 10.9. The molecule has 1 heterocycles. The molecule has 0 radical (unpaired) electrons. The van der Waals surface area contributed by atoms with Crippen molar-refractivity contribution in [1.82, 2.24) is 15.0 Å². The highest BCUT2D eigenvalue weighted by molar-refractivity contribution is 7.85. The van der Waals surface area contributed by atoms with Crippen LogP contribution >= 0.6 is 0 Å². The summed E-state index contributed by atoms with van der Waals surface area (Å²) in [6, 6.07) is 4.99. The fourth-order valence-corrected chi connectivity index (χ4v) is 1.95. The molecule has 0 amide bonds. The minimum Gasteiger partial charge on any atom is -0.424 e. The number of anilines is 2. The lowest BCUT2D eigenvalue weighted by atomic mass is 10.3. The van der Waals surface area contributed by atoms with Gasteiger partial charge in [0.05, 0.1) is 4.90 Å². The molecule has 10 nitrogen and oxygen atoms in total. The zero-order chi connectivity index (χ0) is 16.2. The van der Waals surface area contributed by atoms with Gasteiger partial charge < -0.3 is 21.5 Å². The summed E-state index contributed by atoms with van der Waals surface area (Å²) in [5, 5.41) is 2.83. The van der Waals surface area contributed by atoms with Gasteiger partial charge in [-0.1, -0.05) is 0 Å². The monoisotopic (exact) mass is 326 g/mol. The summed E-state index contributed by atoms with van der Waals surface area (Å²) in [7, 11) is -4.25. The normalized spacial score (nSPS) is 11.2. The first kappa shape index (κ1) is 15.9. The lowest BCUT2D eigenvalue weighted by Crippen LogP contribution is -2.16. The van der Waals surface area contributed by atoms with E-state index in [1.807, 2.05) is 0 Å². The van der Waals surface area contributed by atoms with Crippen LogP contribution in [0.1, 0.15) is 0 Å². The van der Waals surface area contributed by atoms with Crippen molar-refractivity contribution in [3.63, 3.8) is 0 Å². The molecule has 0 saturated carbocycles. The summed E-state index contributed by atoms with van der Waals surface area (Å²) in [5.41, 5.74) is 10.9. The van der Waals surface area contributed by atoms with E-state index in [-0.39, 0.29) is 28.6 Å². The molecular weight excluding hydrogens is 312 g/mol. The molecule has 22 heavy (non-hydrogen) atoms. The van der Waals surface area contributed by atoms with Gasteiger partial charge in [-0.05, 0) is 24.3 Å². The Kier molecular flexibility index (Phi) is 4.70. The molecule has 0 bridgehead atoms. The maximum Gasteiger partial charge on any atom is 0.328 e. The zero-order valence-electron chi connectivity index (χ0n) is 11.3. The van der Waals surface area contributed by atoms with Crippen molar-refractivity contribution < 1.29 is 17.7 Å². The zero-order valence-corrected chi connectivity index (χ0v) is 12.1. The van der Waals surface area contributed by atoms with Crippen LogP contribution in [0.15, 0.2) is 29.2 Å². The van der Waals surface area contributed by atoms with E-state index in [9.17, 15) is 8.42 Å². The van der Waals surface area contributed by atoms with Gasteiger partial charge in [0.1, 0.15) is 5.75 Å². The predicted octanol–water partition coefficient (Wildman–Crippen LogP) is -0.137. The first-order valence-electron chi connectivity index (χ1n) is 6.09. The van der Waals surface area contributed by atoms with E-state index >= 15 is 0 Å². The smallest absolute Gasteiger partial charge is 0.328 e. The van der Waals surface area contributed by atoms with E-state index in [0.717, 1.165) is 0 Å². The molecule has 0 fully saturated rings. The number of hydrogen-bond donors (Lipinski definition) is 4. The van der Waals surface area contributed by atoms with Crippen molar-refractivity contribution in [2.45, 2.75) is 4.90 Å². The molecule has 6 N–H and O–H groups in total. The third kappa shape index (κ3) is 4.25. The third-order valence-corrected chi connectivity index (χ3v) is 3.26. The molecule has 0 aliphatic rings. The third-order valence-electron chi connectivity index (χ3n) is 2.39. The largest absolute Gasteiger partial charge is 0.424 e. The van der Waals surface area contributed by atoms with E-state index in [2.05, 4.69) is 20.3 Å². The summed E-state index contributed by atoms with van der Waals surface area (Å²) < 4.78 is 36.1. The number of ether oxygens (including phenoxy) is 1. The fourth-order valence-electron chi connectivity index (χ4n) is 1.47. The van der Waals surface area contributed by atoms with Crippen LogP contribution in [0.5, 0.6) is 11.8 Å². The lowest BCUT2D eigenvalue weighted by Gasteiger charge is -2.07. The molecule has 0 aliphatic heterocycles. The average molecular weight is 326 g/mol. The summed E-state index contributed by atoms with van der Waals surface area (Å²) in [5.74, 6) is 0.435. The molecule has 11 heteroatoms. The molecule has 2 rings (SSSR count). The second-order valence-corrected chi connectivity index (χ2v) is 5.49. The topological polar surface area (TPSA) is 166 Å². The molecule has 0 aliphatic carbocycles.